The largest absolute Gasteiger partial charge is 0.440 e. The lowest BCUT2D eigenvalue weighted by atomic mass is 9.97. The molecule has 0 spiro atoms. The van der Waals surface area contributed by atoms with Crippen molar-refractivity contribution in [1.29, 1.82) is 0 Å². The summed E-state index contributed by atoms with van der Waals surface area (Å²) in [4.78, 5) is 31.0. The van der Waals surface area contributed by atoms with Gasteiger partial charge in [0.2, 0.25) is 11.8 Å². The van der Waals surface area contributed by atoms with E-state index in [-0.39, 0.29) is 23.5 Å². The number of carbonyl (C=O) groups is 2. The molecule has 1 N–H and O–H groups in total. The van der Waals surface area contributed by atoms with E-state index in [9.17, 15) is 9.59 Å². The van der Waals surface area contributed by atoms with Gasteiger partial charge in [-0.3, -0.25) is 9.59 Å². The molecule has 0 aliphatic carbocycles. The lowest BCUT2D eigenvalue weighted by Crippen LogP contribution is -2.39. The van der Waals surface area contributed by atoms with E-state index in [1.807, 2.05) is 53.4 Å². The van der Waals surface area contributed by atoms with Gasteiger partial charge < -0.3 is 14.6 Å². The molecule has 1 saturated heterocycles. The van der Waals surface area contributed by atoms with Crippen LogP contribution in [0.1, 0.15) is 24.7 Å². The Morgan fingerprint density at radius 2 is 1.93 bits per heavy atom. The fourth-order valence-electron chi connectivity index (χ4n) is 3.53. The second-order valence-corrected chi connectivity index (χ2v) is 9.13. The second kappa shape index (κ2) is 9.66. The molecular formula is C22H22BrN3O3S. The number of rotatable bonds is 6. The van der Waals surface area contributed by atoms with Gasteiger partial charge in [-0.2, -0.15) is 0 Å². The summed E-state index contributed by atoms with van der Waals surface area (Å²) in [5, 5.41) is 2.84. The first kappa shape index (κ1) is 20.9. The Kier molecular flexibility index (Phi) is 6.74. The predicted molar refractivity (Wildman–Crippen MR) is 123 cm³/mol. The third-order valence-electron chi connectivity index (χ3n) is 5.07. The normalized spacial score (nSPS) is 14.8. The van der Waals surface area contributed by atoms with Gasteiger partial charge in [-0.1, -0.05) is 34.1 Å². The number of carbonyl (C=O) groups excluding carboxylic acids is 2. The molecule has 0 saturated carbocycles. The van der Waals surface area contributed by atoms with Crippen LogP contribution in [0.2, 0.25) is 0 Å². The van der Waals surface area contributed by atoms with Gasteiger partial charge in [-0.05, 0) is 43.2 Å². The fraction of sp³-hybridized carbons (Fsp3) is 0.318. The highest BCUT2D eigenvalue weighted by Crippen LogP contribution is 2.30. The third kappa shape index (κ3) is 5.23. The van der Waals surface area contributed by atoms with Gasteiger partial charge in [-0.25, -0.2) is 4.98 Å². The number of hydrogen-bond donors (Lipinski definition) is 1. The molecule has 2 aromatic carbocycles. The fourth-order valence-corrected chi connectivity index (χ4v) is 4.64. The van der Waals surface area contributed by atoms with Crippen molar-refractivity contribution in [3.63, 3.8) is 0 Å². The Morgan fingerprint density at radius 3 is 2.70 bits per heavy atom. The van der Waals surface area contributed by atoms with Gasteiger partial charge in [-0.15, -0.1) is 11.8 Å². The van der Waals surface area contributed by atoms with Crippen molar-refractivity contribution in [2.24, 2.45) is 0 Å². The molecule has 4 rings (SSSR count). The van der Waals surface area contributed by atoms with Crippen LogP contribution in [0.25, 0.3) is 11.1 Å². The third-order valence-corrected chi connectivity index (χ3v) is 6.49. The van der Waals surface area contributed by atoms with E-state index in [0.717, 1.165) is 40.0 Å². The molecule has 0 atom stereocenters. The SMILES string of the molecule is O=C(CSCC(=O)N1CCC(c2nc3ccccc3o2)CC1)Nc1cccc(Br)c1. The first-order chi connectivity index (χ1) is 14.6. The second-order valence-electron chi connectivity index (χ2n) is 7.23. The van der Waals surface area contributed by atoms with Crippen LogP contribution in [-0.4, -0.2) is 46.3 Å². The Labute approximate surface area is 187 Å². The van der Waals surface area contributed by atoms with Crippen molar-refractivity contribution in [3.05, 3.63) is 58.9 Å². The first-order valence-electron chi connectivity index (χ1n) is 9.85. The number of oxazole rings is 1. The topological polar surface area (TPSA) is 75.4 Å². The molecule has 2 heterocycles. The van der Waals surface area contributed by atoms with Crippen LogP contribution >= 0.6 is 27.7 Å². The number of para-hydroxylation sites is 2. The van der Waals surface area contributed by atoms with E-state index in [2.05, 4.69) is 26.2 Å². The van der Waals surface area contributed by atoms with Gasteiger partial charge in [0.1, 0.15) is 5.52 Å². The molecule has 3 aromatic rings. The number of nitrogens with zero attached hydrogens (tertiary/aromatic N) is 2. The number of thioether (sulfide) groups is 1. The molecule has 1 fully saturated rings. The Balaban J connectivity index is 1.20. The number of halogens is 1. The van der Waals surface area contributed by atoms with Crippen LogP contribution < -0.4 is 5.32 Å². The van der Waals surface area contributed by atoms with E-state index in [1.165, 1.54) is 11.8 Å². The predicted octanol–water partition coefficient (Wildman–Crippen LogP) is 4.67. The Hall–Kier alpha value is -2.32. The molecule has 0 radical (unpaired) electrons. The van der Waals surface area contributed by atoms with Gasteiger partial charge in [0.25, 0.3) is 0 Å². The quantitative estimate of drug-likeness (QED) is 0.546. The number of likely N-dealkylation sites (tertiary alicyclic amines) is 1. The minimum Gasteiger partial charge on any atom is -0.440 e. The molecule has 8 heteroatoms. The first-order valence-corrected chi connectivity index (χ1v) is 11.8. The minimum absolute atomic E-state index is 0.0753. The highest BCUT2D eigenvalue weighted by Gasteiger charge is 2.27. The molecule has 1 aromatic heterocycles. The van der Waals surface area contributed by atoms with Crippen molar-refractivity contribution < 1.29 is 14.0 Å². The van der Waals surface area contributed by atoms with Crippen LogP contribution in [0.15, 0.2) is 57.4 Å². The maximum absolute atomic E-state index is 12.5. The smallest absolute Gasteiger partial charge is 0.234 e. The van der Waals surface area contributed by atoms with Gasteiger partial charge in [0.05, 0.1) is 11.5 Å². The molecule has 30 heavy (non-hydrogen) atoms. The summed E-state index contributed by atoms with van der Waals surface area (Å²) in [5.74, 6) is 1.52. The van der Waals surface area contributed by atoms with E-state index >= 15 is 0 Å². The van der Waals surface area contributed by atoms with E-state index in [1.54, 1.807) is 0 Å². The maximum atomic E-state index is 12.5. The van der Waals surface area contributed by atoms with Crippen LogP contribution in [0.4, 0.5) is 5.69 Å². The monoisotopic (exact) mass is 487 g/mol. The summed E-state index contributed by atoms with van der Waals surface area (Å²) < 4.78 is 6.79. The zero-order valence-electron chi connectivity index (χ0n) is 16.3. The lowest BCUT2D eigenvalue weighted by Gasteiger charge is -2.30. The van der Waals surface area contributed by atoms with Crippen molar-refractivity contribution in [2.45, 2.75) is 18.8 Å². The molecule has 156 valence electrons. The van der Waals surface area contributed by atoms with Crippen molar-refractivity contribution in [2.75, 3.05) is 29.9 Å². The average molecular weight is 488 g/mol. The number of piperidine rings is 1. The van der Waals surface area contributed by atoms with Gasteiger partial charge >= 0.3 is 0 Å². The summed E-state index contributed by atoms with van der Waals surface area (Å²) in [6.45, 7) is 1.38. The van der Waals surface area contributed by atoms with E-state index in [4.69, 9.17) is 4.42 Å². The van der Waals surface area contributed by atoms with Crippen molar-refractivity contribution >= 4 is 56.3 Å². The summed E-state index contributed by atoms with van der Waals surface area (Å²) >= 11 is 4.72. The van der Waals surface area contributed by atoms with Crippen LogP contribution in [0, 0.1) is 0 Å². The highest BCUT2D eigenvalue weighted by atomic mass is 79.9. The summed E-state index contributed by atoms with van der Waals surface area (Å²) in [6, 6.07) is 15.2. The van der Waals surface area contributed by atoms with Crippen LogP contribution in [0.5, 0.6) is 0 Å². The van der Waals surface area contributed by atoms with Crippen LogP contribution in [-0.2, 0) is 9.59 Å². The number of hydrogen-bond acceptors (Lipinski definition) is 5. The molecule has 1 aliphatic heterocycles. The molecule has 0 unspecified atom stereocenters. The number of fused-ring (bicyclic) bond motifs is 1. The van der Waals surface area contributed by atoms with Crippen molar-refractivity contribution in [1.82, 2.24) is 9.88 Å². The summed E-state index contributed by atoms with van der Waals surface area (Å²) in [5.41, 5.74) is 2.43. The van der Waals surface area contributed by atoms with E-state index < -0.39 is 0 Å². The van der Waals surface area contributed by atoms with Crippen molar-refractivity contribution in [3.8, 4) is 0 Å². The van der Waals surface area contributed by atoms with E-state index in [0.29, 0.717) is 18.8 Å². The Morgan fingerprint density at radius 1 is 1.13 bits per heavy atom. The Bertz CT molecular complexity index is 1010. The van der Waals surface area contributed by atoms with Gasteiger partial charge in [0, 0.05) is 29.2 Å². The van der Waals surface area contributed by atoms with Crippen LogP contribution in [0.3, 0.4) is 0 Å². The number of aromatic nitrogens is 1. The lowest BCUT2D eigenvalue weighted by molar-refractivity contribution is -0.129. The number of benzene rings is 2. The highest BCUT2D eigenvalue weighted by molar-refractivity contribution is 9.10. The van der Waals surface area contributed by atoms with Gasteiger partial charge in [0.15, 0.2) is 11.5 Å². The zero-order valence-corrected chi connectivity index (χ0v) is 18.7. The number of anilines is 1. The minimum atomic E-state index is -0.111. The summed E-state index contributed by atoms with van der Waals surface area (Å²) in [6.07, 6.45) is 1.68. The molecule has 6 nitrogen and oxygen atoms in total. The number of amides is 2. The molecule has 0 bridgehead atoms. The maximum Gasteiger partial charge on any atom is 0.234 e. The molecule has 2 amide bonds. The summed E-state index contributed by atoms with van der Waals surface area (Å²) in [7, 11) is 0. The standard InChI is InChI=1S/C22H22BrN3O3S/c23-16-4-3-5-17(12-16)24-20(27)13-30-14-21(28)26-10-8-15(9-11-26)22-25-18-6-1-2-7-19(18)29-22/h1-7,12,15H,8-11,13-14H2,(H,24,27). The zero-order chi connectivity index (χ0) is 20.9. The average Bonchev–Trinajstić information content (AvgIpc) is 3.18. The molecule has 1 aliphatic rings. The molecular weight excluding hydrogens is 466 g/mol. The number of nitrogens with one attached hydrogen (secondary N) is 1.